The Morgan fingerprint density at radius 2 is 2.11 bits per heavy atom. The van der Waals surface area contributed by atoms with Crippen LogP contribution in [-0.2, 0) is 14.8 Å². The molecule has 0 fully saturated rings. The molecule has 0 saturated carbocycles. The van der Waals surface area contributed by atoms with Crippen LogP contribution in [0.15, 0.2) is 23.1 Å². The number of carboxylic acid groups (broad SMARTS) is 1. The molecule has 0 unspecified atom stereocenters. The molecular weight excluding hydrogens is 300 g/mol. The van der Waals surface area contributed by atoms with E-state index in [0.717, 1.165) is 19.2 Å². The van der Waals surface area contributed by atoms with E-state index in [1.807, 2.05) is 0 Å². The number of hydrogen-bond acceptors (Lipinski definition) is 5. The molecule has 0 amide bonds. The summed E-state index contributed by atoms with van der Waals surface area (Å²) in [6, 6.07) is 3.03. The van der Waals surface area contributed by atoms with Crippen LogP contribution in [0.3, 0.4) is 0 Å². The van der Waals surface area contributed by atoms with E-state index < -0.39 is 38.0 Å². The third kappa shape index (κ3) is 3.40. The van der Waals surface area contributed by atoms with E-state index in [4.69, 9.17) is 16.7 Å². The first-order valence-electron chi connectivity index (χ1n) is 4.78. The Morgan fingerprint density at radius 3 is 2.58 bits per heavy atom. The van der Waals surface area contributed by atoms with Gasteiger partial charge in [-0.3, -0.25) is 14.9 Å². The monoisotopic (exact) mass is 308 g/mol. The number of nitro benzene ring substituents is 1. The fourth-order valence-electron chi connectivity index (χ4n) is 1.29. The van der Waals surface area contributed by atoms with Gasteiger partial charge in [-0.2, -0.15) is 4.31 Å². The first kappa shape index (κ1) is 15.3. The molecule has 0 bridgehead atoms. The summed E-state index contributed by atoms with van der Waals surface area (Å²) in [4.78, 5) is 19.8. The largest absolute Gasteiger partial charge is 0.480 e. The number of benzene rings is 1. The van der Waals surface area contributed by atoms with Gasteiger partial charge in [-0.05, 0) is 12.1 Å². The first-order chi connectivity index (χ1) is 8.66. The second kappa shape index (κ2) is 5.51. The highest BCUT2D eigenvalue weighted by molar-refractivity contribution is 7.89. The zero-order chi connectivity index (χ0) is 14.8. The Morgan fingerprint density at radius 1 is 1.53 bits per heavy atom. The SMILES string of the molecule is CN(CC(=O)O)S(=O)(=O)c1ccc(Cl)cc1[N+](=O)[O-]. The molecule has 104 valence electrons. The van der Waals surface area contributed by atoms with Crippen molar-refractivity contribution in [2.24, 2.45) is 0 Å². The van der Waals surface area contributed by atoms with Crippen LogP contribution in [0.25, 0.3) is 0 Å². The van der Waals surface area contributed by atoms with Gasteiger partial charge in [0.2, 0.25) is 10.0 Å². The van der Waals surface area contributed by atoms with Crippen molar-refractivity contribution >= 4 is 33.3 Å². The quantitative estimate of drug-likeness (QED) is 0.639. The highest BCUT2D eigenvalue weighted by atomic mass is 35.5. The number of halogens is 1. The van der Waals surface area contributed by atoms with Gasteiger partial charge in [0, 0.05) is 18.1 Å². The molecule has 1 aromatic carbocycles. The molecule has 0 radical (unpaired) electrons. The molecule has 0 aromatic heterocycles. The molecule has 10 heteroatoms. The van der Waals surface area contributed by atoms with E-state index in [2.05, 4.69) is 0 Å². The lowest BCUT2D eigenvalue weighted by Crippen LogP contribution is -2.32. The third-order valence-corrected chi connectivity index (χ3v) is 4.25. The molecule has 0 aliphatic heterocycles. The van der Waals surface area contributed by atoms with E-state index in [-0.39, 0.29) is 5.02 Å². The van der Waals surface area contributed by atoms with Crippen molar-refractivity contribution < 1.29 is 23.2 Å². The van der Waals surface area contributed by atoms with Crippen molar-refractivity contribution in [1.82, 2.24) is 4.31 Å². The lowest BCUT2D eigenvalue weighted by atomic mass is 10.3. The minimum absolute atomic E-state index is 0.00605. The average Bonchev–Trinajstić information content (AvgIpc) is 2.27. The highest BCUT2D eigenvalue weighted by Crippen LogP contribution is 2.28. The molecular formula is C9H9ClN2O6S. The number of nitrogens with zero attached hydrogens (tertiary/aromatic N) is 2. The van der Waals surface area contributed by atoms with E-state index in [0.29, 0.717) is 4.31 Å². The van der Waals surface area contributed by atoms with Crippen molar-refractivity contribution in [2.45, 2.75) is 4.90 Å². The Balaban J connectivity index is 3.36. The first-order valence-corrected chi connectivity index (χ1v) is 6.60. The van der Waals surface area contributed by atoms with Gasteiger partial charge in [0.25, 0.3) is 5.69 Å². The molecule has 1 N–H and O–H groups in total. The zero-order valence-electron chi connectivity index (χ0n) is 9.61. The van der Waals surface area contributed by atoms with Crippen LogP contribution in [0.5, 0.6) is 0 Å². The van der Waals surface area contributed by atoms with Gasteiger partial charge < -0.3 is 5.11 Å². The maximum atomic E-state index is 12.0. The Bertz CT molecular complexity index is 630. The van der Waals surface area contributed by atoms with Crippen molar-refractivity contribution in [1.29, 1.82) is 0 Å². The number of sulfonamides is 1. The lowest BCUT2D eigenvalue weighted by Gasteiger charge is -2.14. The fraction of sp³-hybridized carbons (Fsp3) is 0.222. The fourth-order valence-corrected chi connectivity index (χ4v) is 2.71. The number of hydrogen-bond donors (Lipinski definition) is 1. The van der Waals surface area contributed by atoms with Crippen LogP contribution in [0.2, 0.25) is 5.02 Å². The summed E-state index contributed by atoms with van der Waals surface area (Å²) >= 11 is 5.57. The van der Waals surface area contributed by atoms with Gasteiger partial charge in [0.15, 0.2) is 4.90 Å². The number of carbonyl (C=O) groups is 1. The minimum atomic E-state index is -4.27. The van der Waals surface area contributed by atoms with Crippen LogP contribution in [0, 0.1) is 10.1 Å². The summed E-state index contributed by atoms with van der Waals surface area (Å²) in [6.45, 7) is -0.803. The van der Waals surface area contributed by atoms with Gasteiger partial charge >= 0.3 is 5.97 Å². The topological polar surface area (TPSA) is 118 Å². The lowest BCUT2D eigenvalue weighted by molar-refractivity contribution is -0.387. The summed E-state index contributed by atoms with van der Waals surface area (Å²) < 4.78 is 24.5. The summed E-state index contributed by atoms with van der Waals surface area (Å²) in [5.74, 6) is -1.37. The van der Waals surface area contributed by atoms with Gasteiger partial charge in [-0.1, -0.05) is 11.6 Å². The highest BCUT2D eigenvalue weighted by Gasteiger charge is 2.30. The molecule has 1 aromatic rings. The molecule has 8 nitrogen and oxygen atoms in total. The number of rotatable bonds is 5. The van der Waals surface area contributed by atoms with Crippen molar-refractivity contribution in [3.63, 3.8) is 0 Å². The second-order valence-corrected chi connectivity index (χ2v) is 5.97. The predicted molar refractivity (Wildman–Crippen MR) is 65.6 cm³/mol. The van der Waals surface area contributed by atoms with Gasteiger partial charge in [-0.15, -0.1) is 0 Å². The van der Waals surface area contributed by atoms with Crippen LogP contribution in [0.1, 0.15) is 0 Å². The summed E-state index contributed by atoms with van der Waals surface area (Å²) in [5.41, 5.74) is -0.704. The molecule has 0 saturated heterocycles. The Kier molecular flexibility index (Phi) is 4.45. The zero-order valence-corrected chi connectivity index (χ0v) is 11.2. The third-order valence-electron chi connectivity index (χ3n) is 2.16. The van der Waals surface area contributed by atoms with Gasteiger partial charge in [0.1, 0.15) is 6.54 Å². The summed E-state index contributed by atoms with van der Waals surface area (Å²) in [5, 5.41) is 19.4. The van der Waals surface area contributed by atoms with Crippen molar-refractivity contribution in [2.75, 3.05) is 13.6 Å². The number of likely N-dealkylation sites (N-methyl/N-ethyl adjacent to an activating group) is 1. The molecule has 0 atom stereocenters. The number of aliphatic carboxylic acids is 1. The van der Waals surface area contributed by atoms with Crippen LogP contribution in [0.4, 0.5) is 5.69 Å². The smallest absolute Gasteiger partial charge is 0.318 e. The molecule has 19 heavy (non-hydrogen) atoms. The molecule has 0 heterocycles. The van der Waals surface area contributed by atoms with E-state index >= 15 is 0 Å². The average molecular weight is 309 g/mol. The summed E-state index contributed by atoms with van der Waals surface area (Å²) in [6.07, 6.45) is 0. The van der Waals surface area contributed by atoms with Crippen molar-refractivity contribution in [3.05, 3.63) is 33.3 Å². The second-order valence-electron chi connectivity index (χ2n) is 3.52. The molecule has 0 aliphatic carbocycles. The minimum Gasteiger partial charge on any atom is -0.480 e. The van der Waals surface area contributed by atoms with Gasteiger partial charge in [-0.25, -0.2) is 8.42 Å². The van der Waals surface area contributed by atoms with E-state index in [1.165, 1.54) is 6.07 Å². The van der Waals surface area contributed by atoms with E-state index in [1.54, 1.807) is 0 Å². The normalized spacial score (nSPS) is 11.5. The number of nitro groups is 1. The standard InChI is InChI=1S/C9H9ClN2O6S/c1-11(5-9(13)14)19(17,18)8-3-2-6(10)4-7(8)12(15)16/h2-4H,5H2,1H3,(H,13,14). The summed E-state index contributed by atoms with van der Waals surface area (Å²) in [7, 11) is -3.26. The Labute approximate surface area is 113 Å². The molecule has 0 aliphatic rings. The Hall–Kier alpha value is -1.71. The molecule has 0 spiro atoms. The molecule has 1 rings (SSSR count). The maximum Gasteiger partial charge on any atom is 0.318 e. The number of carboxylic acids is 1. The van der Waals surface area contributed by atoms with Crippen LogP contribution in [-0.4, -0.2) is 42.3 Å². The van der Waals surface area contributed by atoms with Crippen LogP contribution >= 0.6 is 11.6 Å². The maximum absolute atomic E-state index is 12.0. The van der Waals surface area contributed by atoms with E-state index in [9.17, 15) is 23.3 Å². The predicted octanol–water partition coefficient (Wildman–Crippen LogP) is 0.953. The van der Waals surface area contributed by atoms with Crippen molar-refractivity contribution in [3.8, 4) is 0 Å². The van der Waals surface area contributed by atoms with Crippen LogP contribution < -0.4 is 0 Å². The van der Waals surface area contributed by atoms with Gasteiger partial charge in [0.05, 0.1) is 4.92 Å².